The summed E-state index contributed by atoms with van der Waals surface area (Å²) in [4.78, 5) is 4.12. The van der Waals surface area contributed by atoms with Crippen LogP contribution in [0, 0.1) is 0 Å². The summed E-state index contributed by atoms with van der Waals surface area (Å²) < 4.78 is 0.895. The highest BCUT2D eigenvalue weighted by atomic mass is 79.9. The van der Waals surface area contributed by atoms with Gasteiger partial charge in [0.1, 0.15) is 4.60 Å². The molecular formula is C8H10BrNS. The Morgan fingerprint density at radius 1 is 1.45 bits per heavy atom. The second-order valence-electron chi connectivity index (χ2n) is 2.32. The van der Waals surface area contributed by atoms with Gasteiger partial charge in [0, 0.05) is 6.20 Å². The van der Waals surface area contributed by atoms with Gasteiger partial charge in [0.25, 0.3) is 0 Å². The molecule has 0 aliphatic carbocycles. The Balaban J connectivity index is 2.52. The maximum atomic E-state index is 4.14. The first-order valence-electron chi connectivity index (χ1n) is 3.54. The smallest absolute Gasteiger partial charge is 0.106 e. The molecule has 0 saturated heterocycles. The number of aryl methyl sites for hydroxylation is 1. The van der Waals surface area contributed by atoms with Crippen LogP contribution in [-0.4, -0.2) is 10.7 Å². The van der Waals surface area contributed by atoms with E-state index in [4.69, 9.17) is 0 Å². The van der Waals surface area contributed by atoms with Crippen LogP contribution < -0.4 is 0 Å². The molecule has 1 aromatic heterocycles. The molecule has 0 radical (unpaired) electrons. The van der Waals surface area contributed by atoms with Gasteiger partial charge in [-0.1, -0.05) is 6.07 Å². The van der Waals surface area contributed by atoms with Crippen LogP contribution >= 0.6 is 28.6 Å². The van der Waals surface area contributed by atoms with Crippen molar-refractivity contribution in [3.8, 4) is 0 Å². The highest BCUT2D eigenvalue weighted by Gasteiger charge is 1.92. The quantitative estimate of drug-likeness (QED) is 0.624. The molecule has 0 amide bonds. The van der Waals surface area contributed by atoms with E-state index >= 15 is 0 Å². The Morgan fingerprint density at radius 2 is 2.27 bits per heavy atom. The number of thiol groups is 1. The number of pyridine rings is 1. The van der Waals surface area contributed by atoms with Crippen LogP contribution in [0.4, 0.5) is 0 Å². The predicted octanol–water partition coefficient (Wildman–Crippen LogP) is 2.71. The summed E-state index contributed by atoms with van der Waals surface area (Å²) in [6.45, 7) is 0. The first-order valence-corrected chi connectivity index (χ1v) is 4.97. The summed E-state index contributed by atoms with van der Waals surface area (Å²) in [5.41, 5.74) is 1.28. The van der Waals surface area contributed by atoms with E-state index in [1.165, 1.54) is 5.56 Å². The van der Waals surface area contributed by atoms with E-state index in [1.807, 2.05) is 12.3 Å². The van der Waals surface area contributed by atoms with Gasteiger partial charge in [-0.15, -0.1) is 0 Å². The lowest BCUT2D eigenvalue weighted by atomic mass is 10.2. The van der Waals surface area contributed by atoms with Gasteiger partial charge in [0.2, 0.25) is 0 Å². The van der Waals surface area contributed by atoms with E-state index < -0.39 is 0 Å². The lowest BCUT2D eigenvalue weighted by Crippen LogP contribution is -1.87. The summed E-state index contributed by atoms with van der Waals surface area (Å²) in [7, 11) is 0. The minimum atomic E-state index is 0.895. The number of rotatable bonds is 3. The first kappa shape index (κ1) is 9.07. The molecular weight excluding hydrogens is 222 g/mol. The third-order valence-corrected chi connectivity index (χ3v) is 2.20. The standard InChI is InChI=1S/C8H10BrNS/c9-8-4-3-7(6-10-8)2-1-5-11/h3-4,6,11H,1-2,5H2. The van der Waals surface area contributed by atoms with Crippen molar-refractivity contribution in [3.05, 3.63) is 28.5 Å². The molecule has 0 spiro atoms. The van der Waals surface area contributed by atoms with Crippen LogP contribution in [-0.2, 0) is 6.42 Å². The highest BCUT2D eigenvalue weighted by Crippen LogP contribution is 2.07. The van der Waals surface area contributed by atoms with E-state index in [0.717, 1.165) is 23.2 Å². The van der Waals surface area contributed by atoms with E-state index in [9.17, 15) is 0 Å². The monoisotopic (exact) mass is 231 g/mol. The van der Waals surface area contributed by atoms with Gasteiger partial charge in [0.05, 0.1) is 0 Å². The molecule has 0 aliphatic rings. The molecule has 60 valence electrons. The van der Waals surface area contributed by atoms with Crippen molar-refractivity contribution in [1.82, 2.24) is 4.98 Å². The summed E-state index contributed by atoms with van der Waals surface area (Å²) in [6, 6.07) is 4.05. The number of hydrogen-bond donors (Lipinski definition) is 1. The third kappa shape index (κ3) is 3.25. The zero-order valence-corrected chi connectivity index (χ0v) is 8.61. The summed E-state index contributed by atoms with van der Waals surface area (Å²) in [5, 5.41) is 0. The van der Waals surface area contributed by atoms with E-state index in [0.29, 0.717) is 0 Å². The van der Waals surface area contributed by atoms with Gasteiger partial charge < -0.3 is 0 Å². The van der Waals surface area contributed by atoms with Gasteiger partial charge in [-0.3, -0.25) is 0 Å². The maximum Gasteiger partial charge on any atom is 0.106 e. The number of halogens is 1. The zero-order valence-electron chi connectivity index (χ0n) is 6.13. The Bertz CT molecular complexity index is 210. The molecule has 0 unspecified atom stereocenters. The van der Waals surface area contributed by atoms with Crippen LogP contribution in [0.1, 0.15) is 12.0 Å². The van der Waals surface area contributed by atoms with Crippen molar-refractivity contribution in [3.63, 3.8) is 0 Å². The fourth-order valence-electron chi connectivity index (χ4n) is 0.838. The molecule has 11 heavy (non-hydrogen) atoms. The zero-order chi connectivity index (χ0) is 8.10. The molecule has 1 heterocycles. The normalized spacial score (nSPS) is 10.0. The highest BCUT2D eigenvalue weighted by molar-refractivity contribution is 9.10. The van der Waals surface area contributed by atoms with Crippen molar-refractivity contribution in [2.45, 2.75) is 12.8 Å². The second kappa shape index (κ2) is 4.78. The van der Waals surface area contributed by atoms with Crippen LogP contribution in [0.3, 0.4) is 0 Å². The minimum Gasteiger partial charge on any atom is -0.249 e. The van der Waals surface area contributed by atoms with Gasteiger partial charge in [-0.25, -0.2) is 4.98 Å². The van der Waals surface area contributed by atoms with Crippen molar-refractivity contribution in [2.75, 3.05) is 5.75 Å². The van der Waals surface area contributed by atoms with E-state index in [2.05, 4.69) is 39.6 Å². The molecule has 1 rings (SSSR count). The van der Waals surface area contributed by atoms with Crippen LogP contribution in [0.5, 0.6) is 0 Å². The van der Waals surface area contributed by atoms with Crippen molar-refractivity contribution >= 4 is 28.6 Å². The second-order valence-corrected chi connectivity index (χ2v) is 3.58. The first-order chi connectivity index (χ1) is 5.33. The summed E-state index contributed by atoms with van der Waals surface area (Å²) in [6.07, 6.45) is 4.09. The van der Waals surface area contributed by atoms with Gasteiger partial charge in [-0.2, -0.15) is 12.6 Å². The molecule has 0 saturated carbocycles. The van der Waals surface area contributed by atoms with Gasteiger partial charge in [-0.05, 0) is 46.2 Å². The molecule has 3 heteroatoms. The molecule has 0 fully saturated rings. The molecule has 1 aromatic rings. The SMILES string of the molecule is SCCCc1ccc(Br)nc1. The summed E-state index contributed by atoms with van der Waals surface area (Å²) in [5.74, 6) is 0.941. The van der Waals surface area contributed by atoms with E-state index in [1.54, 1.807) is 0 Å². The fraction of sp³-hybridized carbons (Fsp3) is 0.375. The van der Waals surface area contributed by atoms with Gasteiger partial charge >= 0.3 is 0 Å². The van der Waals surface area contributed by atoms with E-state index in [-0.39, 0.29) is 0 Å². The molecule has 0 N–H and O–H groups in total. The van der Waals surface area contributed by atoms with Crippen molar-refractivity contribution in [2.24, 2.45) is 0 Å². The molecule has 1 nitrogen and oxygen atoms in total. The lowest BCUT2D eigenvalue weighted by Gasteiger charge is -1.97. The van der Waals surface area contributed by atoms with Crippen molar-refractivity contribution in [1.29, 1.82) is 0 Å². The Labute approximate surface area is 80.8 Å². The average Bonchev–Trinajstić information content (AvgIpc) is 2.04. The number of hydrogen-bond acceptors (Lipinski definition) is 2. The minimum absolute atomic E-state index is 0.895. The van der Waals surface area contributed by atoms with Crippen LogP contribution in [0.2, 0.25) is 0 Å². The lowest BCUT2D eigenvalue weighted by molar-refractivity contribution is 0.925. The van der Waals surface area contributed by atoms with Crippen LogP contribution in [0.25, 0.3) is 0 Å². The Morgan fingerprint density at radius 3 is 2.82 bits per heavy atom. The number of aromatic nitrogens is 1. The molecule has 0 bridgehead atoms. The van der Waals surface area contributed by atoms with Gasteiger partial charge in [0.15, 0.2) is 0 Å². The molecule has 0 atom stereocenters. The van der Waals surface area contributed by atoms with Crippen LogP contribution in [0.15, 0.2) is 22.9 Å². The third-order valence-electron chi connectivity index (χ3n) is 1.41. The largest absolute Gasteiger partial charge is 0.249 e. The average molecular weight is 232 g/mol. The fourth-order valence-corrected chi connectivity index (χ4v) is 1.23. The predicted molar refractivity (Wildman–Crippen MR) is 54.1 cm³/mol. The topological polar surface area (TPSA) is 12.9 Å². The Kier molecular flexibility index (Phi) is 3.94. The number of nitrogens with zero attached hydrogens (tertiary/aromatic N) is 1. The molecule has 0 aliphatic heterocycles. The summed E-state index contributed by atoms with van der Waals surface area (Å²) >= 11 is 7.43. The molecule has 0 aromatic carbocycles. The van der Waals surface area contributed by atoms with Crippen molar-refractivity contribution < 1.29 is 0 Å². The maximum absolute atomic E-state index is 4.14. The Hall–Kier alpha value is -0.0200.